The third kappa shape index (κ3) is 3.28. The zero-order chi connectivity index (χ0) is 6.41. The van der Waals surface area contributed by atoms with Crippen LogP contribution in [0.15, 0.2) is 11.6 Å². The van der Waals surface area contributed by atoms with E-state index in [1.165, 1.54) is 0 Å². The molecule has 0 aromatic rings. The zero-order valence-corrected chi connectivity index (χ0v) is 4.76. The summed E-state index contributed by atoms with van der Waals surface area (Å²) in [5.74, 6) is 0. The summed E-state index contributed by atoms with van der Waals surface area (Å²) in [7, 11) is 0. The van der Waals surface area contributed by atoms with Gasteiger partial charge >= 0.3 is 0 Å². The van der Waals surface area contributed by atoms with Crippen molar-refractivity contribution in [1.82, 2.24) is 0 Å². The molecular weight excluding hydrogens is 104 g/mol. The van der Waals surface area contributed by atoms with Crippen molar-refractivity contribution in [2.75, 3.05) is 0 Å². The second-order valence-electron chi connectivity index (χ2n) is 1.47. The fourth-order valence-electron chi connectivity index (χ4n) is 0.282. The van der Waals surface area contributed by atoms with E-state index < -0.39 is 0 Å². The normalized spacial score (nSPS) is 10.9. The summed E-state index contributed by atoms with van der Waals surface area (Å²) < 4.78 is 0. The summed E-state index contributed by atoms with van der Waals surface area (Å²) in [4.78, 5) is 19.5. The molecule has 0 saturated carbocycles. The molecule has 0 aromatic heterocycles. The highest BCUT2D eigenvalue weighted by Crippen LogP contribution is 1.86. The highest BCUT2D eigenvalue weighted by Gasteiger charge is 1.79. The van der Waals surface area contributed by atoms with E-state index in [4.69, 9.17) is 0 Å². The maximum atomic E-state index is 9.83. The van der Waals surface area contributed by atoms with E-state index >= 15 is 0 Å². The zero-order valence-electron chi connectivity index (χ0n) is 4.76. The van der Waals surface area contributed by atoms with Crippen LogP contribution in [0.4, 0.5) is 0 Å². The van der Waals surface area contributed by atoms with E-state index in [0.29, 0.717) is 12.0 Å². The molecule has 0 rings (SSSR count). The van der Waals surface area contributed by atoms with Gasteiger partial charge < -0.3 is 4.79 Å². The molecule has 2 heteroatoms. The molecule has 44 valence electrons. The van der Waals surface area contributed by atoms with E-state index in [2.05, 4.69) is 0 Å². The molecule has 0 aliphatic rings. The fourth-order valence-corrected chi connectivity index (χ4v) is 0.282. The van der Waals surface area contributed by atoms with Crippen molar-refractivity contribution in [3.8, 4) is 0 Å². The van der Waals surface area contributed by atoms with Gasteiger partial charge in [0.1, 0.15) is 12.6 Å². The van der Waals surface area contributed by atoms with Gasteiger partial charge in [-0.05, 0) is 12.5 Å². The van der Waals surface area contributed by atoms with E-state index in [0.717, 1.165) is 12.6 Å². The number of carbonyl (C=O) groups is 2. The minimum Gasteiger partial charge on any atom is -0.303 e. The molecule has 0 aliphatic heterocycles. The predicted octanol–water partition coefficient (Wildman–Crippen LogP) is 0.721. The van der Waals surface area contributed by atoms with Crippen molar-refractivity contribution in [2.24, 2.45) is 0 Å². The van der Waals surface area contributed by atoms with Gasteiger partial charge in [0.15, 0.2) is 0 Å². The first-order chi connectivity index (χ1) is 3.81. The Balaban J connectivity index is 3.56. The molecule has 0 saturated heterocycles. The number of hydrogen-bond donors (Lipinski definition) is 0. The lowest BCUT2D eigenvalue weighted by Gasteiger charge is -1.79. The molecule has 0 unspecified atom stereocenters. The monoisotopic (exact) mass is 112 g/mol. The van der Waals surface area contributed by atoms with Crippen molar-refractivity contribution in [3.05, 3.63) is 11.6 Å². The van der Waals surface area contributed by atoms with Gasteiger partial charge in [-0.1, -0.05) is 6.08 Å². The number of hydrogen-bond acceptors (Lipinski definition) is 2. The Kier molecular flexibility index (Phi) is 3.76. The molecule has 0 N–H and O–H groups in total. The van der Waals surface area contributed by atoms with E-state index in [-0.39, 0.29) is 0 Å². The summed E-state index contributed by atoms with van der Waals surface area (Å²) in [6.45, 7) is 1.66. The van der Waals surface area contributed by atoms with Crippen LogP contribution in [0.25, 0.3) is 0 Å². The first-order valence-corrected chi connectivity index (χ1v) is 2.37. The topological polar surface area (TPSA) is 34.1 Å². The van der Waals surface area contributed by atoms with Gasteiger partial charge in [0.05, 0.1) is 0 Å². The van der Waals surface area contributed by atoms with Crippen LogP contribution in [-0.4, -0.2) is 12.6 Å². The summed E-state index contributed by atoms with van der Waals surface area (Å²) >= 11 is 0. The summed E-state index contributed by atoms with van der Waals surface area (Å²) in [5, 5.41) is 0. The number of aldehydes is 2. The molecule has 8 heavy (non-hydrogen) atoms. The third-order valence-electron chi connectivity index (χ3n) is 0.722. The Morgan fingerprint density at radius 2 is 2.12 bits per heavy atom. The van der Waals surface area contributed by atoms with Gasteiger partial charge in [0.2, 0.25) is 0 Å². The SMILES string of the molecule is C/C(C=O)=C\CC=O. The predicted molar refractivity (Wildman–Crippen MR) is 30.5 cm³/mol. The molecule has 0 atom stereocenters. The molecular formula is C6H8O2. The van der Waals surface area contributed by atoms with Gasteiger partial charge in [-0.3, -0.25) is 4.79 Å². The van der Waals surface area contributed by atoms with Gasteiger partial charge in [-0.2, -0.15) is 0 Å². The number of allylic oxidation sites excluding steroid dienone is 2. The van der Waals surface area contributed by atoms with Crippen molar-refractivity contribution in [3.63, 3.8) is 0 Å². The van der Waals surface area contributed by atoms with E-state index in [1.807, 2.05) is 0 Å². The Morgan fingerprint density at radius 3 is 2.50 bits per heavy atom. The van der Waals surface area contributed by atoms with E-state index in [9.17, 15) is 9.59 Å². The van der Waals surface area contributed by atoms with Crippen LogP contribution in [0, 0.1) is 0 Å². The van der Waals surface area contributed by atoms with Crippen molar-refractivity contribution >= 4 is 12.6 Å². The highest BCUT2D eigenvalue weighted by atomic mass is 16.1. The first kappa shape index (κ1) is 7.08. The second kappa shape index (κ2) is 4.24. The van der Waals surface area contributed by atoms with E-state index in [1.54, 1.807) is 13.0 Å². The molecule has 0 aliphatic carbocycles. The van der Waals surface area contributed by atoms with Crippen LogP contribution < -0.4 is 0 Å². The van der Waals surface area contributed by atoms with Crippen LogP contribution in [-0.2, 0) is 9.59 Å². The van der Waals surface area contributed by atoms with Gasteiger partial charge in [0, 0.05) is 6.42 Å². The summed E-state index contributed by atoms with van der Waals surface area (Å²) in [6, 6.07) is 0. The standard InChI is InChI=1S/C6H8O2/c1-6(5-8)3-2-4-7/h3-5H,2H2,1H3/b6-3+. The van der Waals surface area contributed by atoms with Crippen molar-refractivity contribution in [1.29, 1.82) is 0 Å². The highest BCUT2D eigenvalue weighted by molar-refractivity contribution is 5.73. The van der Waals surface area contributed by atoms with Crippen LogP contribution >= 0.6 is 0 Å². The molecule has 0 heterocycles. The lowest BCUT2D eigenvalue weighted by Crippen LogP contribution is -1.75. The Hall–Kier alpha value is -0.920. The third-order valence-corrected chi connectivity index (χ3v) is 0.722. The molecule has 0 aromatic carbocycles. The molecule has 2 nitrogen and oxygen atoms in total. The quantitative estimate of drug-likeness (QED) is 0.398. The van der Waals surface area contributed by atoms with Crippen molar-refractivity contribution < 1.29 is 9.59 Å². The van der Waals surface area contributed by atoms with Crippen LogP contribution in [0.5, 0.6) is 0 Å². The Morgan fingerprint density at radius 1 is 1.50 bits per heavy atom. The van der Waals surface area contributed by atoms with Crippen LogP contribution in [0.3, 0.4) is 0 Å². The van der Waals surface area contributed by atoms with Gasteiger partial charge in [-0.25, -0.2) is 0 Å². The lowest BCUT2D eigenvalue weighted by molar-refractivity contribution is -0.107. The molecule has 0 bridgehead atoms. The first-order valence-electron chi connectivity index (χ1n) is 2.37. The van der Waals surface area contributed by atoms with Crippen molar-refractivity contribution in [2.45, 2.75) is 13.3 Å². The average Bonchev–Trinajstić information content (AvgIpc) is 1.83. The maximum Gasteiger partial charge on any atom is 0.145 e. The molecule has 0 spiro atoms. The maximum absolute atomic E-state index is 9.83. The smallest absolute Gasteiger partial charge is 0.145 e. The Bertz CT molecular complexity index is 114. The molecule has 0 amide bonds. The minimum absolute atomic E-state index is 0.338. The Labute approximate surface area is 48.2 Å². The largest absolute Gasteiger partial charge is 0.303 e. The molecule has 0 radical (unpaired) electrons. The van der Waals surface area contributed by atoms with Gasteiger partial charge in [0.25, 0.3) is 0 Å². The average molecular weight is 112 g/mol. The summed E-state index contributed by atoms with van der Waals surface area (Å²) in [6.07, 6.45) is 3.40. The fraction of sp³-hybridized carbons (Fsp3) is 0.333. The molecule has 0 fully saturated rings. The lowest BCUT2D eigenvalue weighted by atomic mass is 10.3. The summed E-state index contributed by atoms with van der Waals surface area (Å²) in [5.41, 5.74) is 0.608. The minimum atomic E-state index is 0.338. The number of carbonyl (C=O) groups excluding carboxylic acids is 2. The second-order valence-corrected chi connectivity index (χ2v) is 1.47. The van der Waals surface area contributed by atoms with Crippen LogP contribution in [0.1, 0.15) is 13.3 Å². The number of rotatable bonds is 3. The van der Waals surface area contributed by atoms with Crippen LogP contribution in [0.2, 0.25) is 0 Å². The van der Waals surface area contributed by atoms with Gasteiger partial charge in [-0.15, -0.1) is 0 Å².